The van der Waals surface area contributed by atoms with Gasteiger partial charge in [0.05, 0.1) is 12.8 Å². The molecule has 2 aromatic carbocycles. The summed E-state index contributed by atoms with van der Waals surface area (Å²) in [7, 11) is 1.67. The minimum absolute atomic E-state index is 0.0606. The molecule has 0 saturated carbocycles. The summed E-state index contributed by atoms with van der Waals surface area (Å²) >= 11 is 0. The van der Waals surface area contributed by atoms with Gasteiger partial charge >= 0.3 is 0 Å². The number of aromatic nitrogens is 3. The van der Waals surface area contributed by atoms with Crippen molar-refractivity contribution >= 4 is 11.6 Å². The number of amides is 1. The summed E-state index contributed by atoms with van der Waals surface area (Å²) in [6, 6.07) is 15.5. The maximum atomic E-state index is 12.8. The molecule has 0 radical (unpaired) electrons. The molecule has 0 spiro atoms. The van der Waals surface area contributed by atoms with Crippen LogP contribution in [0.3, 0.4) is 0 Å². The number of ether oxygens (including phenoxy) is 1. The first-order valence-corrected chi connectivity index (χ1v) is 8.88. The summed E-state index contributed by atoms with van der Waals surface area (Å²) in [5.74, 6) is 0.906. The van der Waals surface area contributed by atoms with Crippen LogP contribution in [0.1, 0.15) is 10.4 Å². The van der Waals surface area contributed by atoms with E-state index in [2.05, 4.69) is 21.0 Å². The van der Waals surface area contributed by atoms with Gasteiger partial charge < -0.3 is 14.5 Å². The van der Waals surface area contributed by atoms with Crippen LogP contribution in [0.2, 0.25) is 0 Å². The third-order valence-corrected chi connectivity index (χ3v) is 4.78. The molecule has 0 atom stereocenters. The SMILES string of the molecule is COc1cccc(N2CCN(C(=O)c3ccc(-n4cncn4)cc3)CC2)c1. The van der Waals surface area contributed by atoms with Crippen LogP contribution in [-0.4, -0.2) is 58.9 Å². The Balaban J connectivity index is 1.39. The second-order valence-electron chi connectivity index (χ2n) is 6.37. The number of anilines is 1. The van der Waals surface area contributed by atoms with Crippen molar-refractivity contribution in [3.05, 3.63) is 66.7 Å². The fourth-order valence-corrected chi connectivity index (χ4v) is 3.26. The minimum Gasteiger partial charge on any atom is -0.497 e. The number of benzene rings is 2. The van der Waals surface area contributed by atoms with Gasteiger partial charge in [-0.2, -0.15) is 5.10 Å². The first-order chi connectivity index (χ1) is 13.2. The topological polar surface area (TPSA) is 63.5 Å². The lowest BCUT2D eigenvalue weighted by atomic mass is 10.1. The zero-order chi connectivity index (χ0) is 18.6. The molecule has 1 fully saturated rings. The fraction of sp³-hybridized carbons (Fsp3) is 0.250. The number of rotatable bonds is 4. The second kappa shape index (κ2) is 7.49. The van der Waals surface area contributed by atoms with E-state index >= 15 is 0 Å². The van der Waals surface area contributed by atoms with Crippen LogP contribution in [0.4, 0.5) is 5.69 Å². The van der Waals surface area contributed by atoms with Crippen molar-refractivity contribution < 1.29 is 9.53 Å². The summed E-state index contributed by atoms with van der Waals surface area (Å²) in [5.41, 5.74) is 2.69. The Labute approximate surface area is 157 Å². The lowest BCUT2D eigenvalue weighted by molar-refractivity contribution is 0.0747. The van der Waals surface area contributed by atoms with E-state index < -0.39 is 0 Å². The van der Waals surface area contributed by atoms with E-state index in [1.54, 1.807) is 18.1 Å². The fourth-order valence-electron chi connectivity index (χ4n) is 3.26. The predicted molar refractivity (Wildman–Crippen MR) is 102 cm³/mol. The molecule has 1 saturated heterocycles. The average Bonchev–Trinajstić information content (AvgIpc) is 3.28. The molecule has 0 N–H and O–H groups in total. The van der Waals surface area contributed by atoms with Gasteiger partial charge in [0, 0.05) is 43.5 Å². The maximum absolute atomic E-state index is 12.8. The van der Waals surface area contributed by atoms with Crippen molar-refractivity contribution in [2.24, 2.45) is 0 Å². The Kier molecular flexibility index (Phi) is 4.74. The summed E-state index contributed by atoms with van der Waals surface area (Å²) in [4.78, 5) is 20.9. The van der Waals surface area contributed by atoms with Gasteiger partial charge in [0.15, 0.2) is 0 Å². The van der Waals surface area contributed by atoms with E-state index in [9.17, 15) is 4.79 Å². The molecule has 0 bridgehead atoms. The van der Waals surface area contributed by atoms with Crippen LogP contribution >= 0.6 is 0 Å². The highest BCUT2D eigenvalue weighted by Gasteiger charge is 2.22. The van der Waals surface area contributed by atoms with Crippen molar-refractivity contribution in [2.45, 2.75) is 0 Å². The third-order valence-electron chi connectivity index (χ3n) is 4.78. The van der Waals surface area contributed by atoms with Gasteiger partial charge in [0.2, 0.25) is 0 Å². The first-order valence-electron chi connectivity index (χ1n) is 8.88. The van der Waals surface area contributed by atoms with E-state index in [-0.39, 0.29) is 5.91 Å². The molecule has 1 aliphatic heterocycles. The average molecular weight is 363 g/mol. The maximum Gasteiger partial charge on any atom is 0.253 e. The molecule has 1 aromatic heterocycles. The Hall–Kier alpha value is -3.35. The van der Waals surface area contributed by atoms with Gasteiger partial charge in [-0.3, -0.25) is 4.79 Å². The Morgan fingerprint density at radius 3 is 2.44 bits per heavy atom. The molecule has 7 heteroatoms. The lowest BCUT2D eigenvalue weighted by Gasteiger charge is -2.36. The van der Waals surface area contributed by atoms with E-state index in [4.69, 9.17) is 4.74 Å². The van der Waals surface area contributed by atoms with E-state index in [0.29, 0.717) is 18.7 Å². The van der Waals surface area contributed by atoms with Gasteiger partial charge in [-0.25, -0.2) is 9.67 Å². The number of hydrogen-bond donors (Lipinski definition) is 0. The number of nitrogens with zero attached hydrogens (tertiary/aromatic N) is 5. The number of carbonyl (C=O) groups excluding carboxylic acids is 1. The zero-order valence-corrected chi connectivity index (χ0v) is 15.2. The van der Waals surface area contributed by atoms with Gasteiger partial charge in [0.1, 0.15) is 18.4 Å². The monoisotopic (exact) mass is 363 g/mol. The normalized spacial score (nSPS) is 14.3. The van der Waals surface area contributed by atoms with Crippen LogP contribution in [0.25, 0.3) is 5.69 Å². The minimum atomic E-state index is 0.0606. The Bertz CT molecular complexity index is 900. The highest BCUT2D eigenvalue weighted by molar-refractivity contribution is 5.94. The molecular formula is C20H21N5O2. The number of carbonyl (C=O) groups is 1. The molecule has 4 rings (SSSR count). The van der Waals surface area contributed by atoms with E-state index in [0.717, 1.165) is 30.2 Å². The van der Waals surface area contributed by atoms with Crippen molar-refractivity contribution in [3.63, 3.8) is 0 Å². The van der Waals surface area contributed by atoms with Crippen molar-refractivity contribution in [1.29, 1.82) is 0 Å². The molecule has 0 unspecified atom stereocenters. The quantitative estimate of drug-likeness (QED) is 0.711. The van der Waals surface area contributed by atoms with Gasteiger partial charge in [-0.15, -0.1) is 0 Å². The smallest absolute Gasteiger partial charge is 0.253 e. The lowest BCUT2D eigenvalue weighted by Crippen LogP contribution is -2.48. The molecule has 2 heterocycles. The third kappa shape index (κ3) is 3.62. The molecule has 27 heavy (non-hydrogen) atoms. The molecular weight excluding hydrogens is 342 g/mol. The van der Waals surface area contributed by atoms with E-state index in [1.165, 1.54) is 6.33 Å². The highest BCUT2D eigenvalue weighted by atomic mass is 16.5. The van der Waals surface area contributed by atoms with Gasteiger partial charge in [-0.1, -0.05) is 6.07 Å². The molecule has 0 aliphatic carbocycles. The first kappa shape index (κ1) is 17.1. The Morgan fingerprint density at radius 1 is 1.00 bits per heavy atom. The second-order valence-corrected chi connectivity index (χ2v) is 6.37. The standard InChI is InChI=1S/C20H21N5O2/c1-27-19-4-2-3-18(13-19)23-9-11-24(12-10-23)20(26)16-5-7-17(8-6-16)25-15-21-14-22-25/h2-8,13-15H,9-12H2,1H3. The summed E-state index contributed by atoms with van der Waals surface area (Å²) in [5, 5.41) is 4.10. The van der Waals surface area contributed by atoms with Gasteiger partial charge in [0.25, 0.3) is 5.91 Å². The summed E-state index contributed by atoms with van der Waals surface area (Å²) in [6.07, 6.45) is 3.12. The number of hydrogen-bond acceptors (Lipinski definition) is 5. The largest absolute Gasteiger partial charge is 0.497 e. The van der Waals surface area contributed by atoms with Crippen LogP contribution in [0, 0.1) is 0 Å². The molecule has 1 amide bonds. The van der Waals surface area contributed by atoms with E-state index in [1.807, 2.05) is 47.4 Å². The van der Waals surface area contributed by atoms with Crippen molar-refractivity contribution in [3.8, 4) is 11.4 Å². The molecule has 7 nitrogen and oxygen atoms in total. The predicted octanol–water partition coefficient (Wildman–Crippen LogP) is 2.24. The van der Waals surface area contributed by atoms with Crippen LogP contribution in [0.5, 0.6) is 5.75 Å². The van der Waals surface area contributed by atoms with Gasteiger partial charge in [-0.05, 0) is 36.4 Å². The zero-order valence-electron chi connectivity index (χ0n) is 15.2. The molecule has 138 valence electrons. The Morgan fingerprint density at radius 2 is 1.78 bits per heavy atom. The van der Waals surface area contributed by atoms with Crippen molar-refractivity contribution in [1.82, 2.24) is 19.7 Å². The summed E-state index contributed by atoms with van der Waals surface area (Å²) in [6.45, 7) is 2.99. The summed E-state index contributed by atoms with van der Waals surface area (Å²) < 4.78 is 6.97. The van der Waals surface area contributed by atoms with Crippen LogP contribution in [0.15, 0.2) is 61.2 Å². The molecule has 1 aliphatic rings. The van der Waals surface area contributed by atoms with Crippen LogP contribution in [-0.2, 0) is 0 Å². The molecule has 3 aromatic rings. The number of methoxy groups -OCH3 is 1. The number of piperazine rings is 1. The van der Waals surface area contributed by atoms with Crippen LogP contribution < -0.4 is 9.64 Å². The highest BCUT2D eigenvalue weighted by Crippen LogP contribution is 2.22. The van der Waals surface area contributed by atoms with Crippen molar-refractivity contribution in [2.75, 3.05) is 38.2 Å².